The van der Waals surface area contributed by atoms with E-state index in [2.05, 4.69) is 5.10 Å². The average molecular weight is 268 g/mol. The van der Waals surface area contributed by atoms with Crippen LogP contribution in [0.3, 0.4) is 0 Å². The first-order valence-corrected chi connectivity index (χ1v) is 7.67. The van der Waals surface area contributed by atoms with Crippen molar-refractivity contribution in [1.82, 2.24) is 14.7 Å². The SMILES string of the molecule is CSCCC(=O)N1CCC(n2ccc(N)n2)CC1. The molecule has 18 heavy (non-hydrogen) atoms. The van der Waals surface area contributed by atoms with Gasteiger partial charge < -0.3 is 10.6 Å². The minimum absolute atomic E-state index is 0.280. The highest BCUT2D eigenvalue weighted by Crippen LogP contribution is 2.22. The second-order valence-electron chi connectivity index (χ2n) is 4.58. The smallest absolute Gasteiger partial charge is 0.223 e. The number of thioether (sulfide) groups is 1. The molecule has 0 spiro atoms. The molecule has 0 aliphatic carbocycles. The molecule has 0 aromatic carbocycles. The van der Waals surface area contributed by atoms with Crippen LogP contribution in [0.15, 0.2) is 12.3 Å². The van der Waals surface area contributed by atoms with Gasteiger partial charge in [-0.05, 0) is 25.2 Å². The summed E-state index contributed by atoms with van der Waals surface area (Å²) in [5.74, 6) is 1.75. The molecular weight excluding hydrogens is 248 g/mol. The predicted molar refractivity (Wildman–Crippen MR) is 74.5 cm³/mol. The van der Waals surface area contributed by atoms with Gasteiger partial charge in [0.25, 0.3) is 0 Å². The lowest BCUT2D eigenvalue weighted by molar-refractivity contribution is -0.132. The third-order valence-corrected chi connectivity index (χ3v) is 3.95. The van der Waals surface area contributed by atoms with Crippen molar-refractivity contribution in [3.63, 3.8) is 0 Å². The number of likely N-dealkylation sites (tertiary alicyclic amines) is 1. The number of piperidine rings is 1. The van der Waals surface area contributed by atoms with Gasteiger partial charge in [-0.1, -0.05) is 0 Å². The number of hydrogen-bond acceptors (Lipinski definition) is 4. The summed E-state index contributed by atoms with van der Waals surface area (Å²) in [7, 11) is 0. The maximum absolute atomic E-state index is 11.9. The molecule has 5 nitrogen and oxygen atoms in total. The van der Waals surface area contributed by atoms with Gasteiger partial charge in [0.2, 0.25) is 5.91 Å². The molecule has 6 heteroatoms. The number of rotatable bonds is 4. The Balaban J connectivity index is 1.82. The first-order chi connectivity index (χ1) is 8.70. The van der Waals surface area contributed by atoms with Gasteiger partial charge in [-0.2, -0.15) is 16.9 Å². The van der Waals surface area contributed by atoms with Crippen molar-refractivity contribution in [3.8, 4) is 0 Å². The standard InChI is InChI=1S/C12H20N4OS/c1-18-9-5-12(17)15-6-2-10(3-7-15)16-8-4-11(13)14-16/h4,8,10H,2-3,5-7,9H2,1H3,(H2,13,14). The molecule has 1 fully saturated rings. The number of amides is 1. The van der Waals surface area contributed by atoms with Crippen molar-refractivity contribution >= 4 is 23.5 Å². The van der Waals surface area contributed by atoms with E-state index in [9.17, 15) is 4.79 Å². The van der Waals surface area contributed by atoms with E-state index in [0.29, 0.717) is 18.3 Å². The van der Waals surface area contributed by atoms with E-state index in [1.807, 2.05) is 28.1 Å². The second kappa shape index (κ2) is 6.13. The van der Waals surface area contributed by atoms with Gasteiger partial charge in [0.15, 0.2) is 0 Å². The Bertz CT molecular complexity index is 399. The molecule has 1 aromatic heterocycles. The van der Waals surface area contributed by atoms with Crippen molar-refractivity contribution < 1.29 is 4.79 Å². The molecule has 0 bridgehead atoms. The molecule has 1 amide bonds. The van der Waals surface area contributed by atoms with Gasteiger partial charge >= 0.3 is 0 Å². The summed E-state index contributed by atoms with van der Waals surface area (Å²) in [5, 5.41) is 4.24. The van der Waals surface area contributed by atoms with Crippen LogP contribution in [0.5, 0.6) is 0 Å². The van der Waals surface area contributed by atoms with Crippen LogP contribution in [-0.4, -0.2) is 45.7 Å². The lowest BCUT2D eigenvalue weighted by atomic mass is 10.1. The van der Waals surface area contributed by atoms with E-state index in [4.69, 9.17) is 5.73 Å². The summed E-state index contributed by atoms with van der Waals surface area (Å²) in [6.45, 7) is 1.66. The molecule has 1 aliphatic rings. The van der Waals surface area contributed by atoms with E-state index in [1.165, 1.54) is 0 Å². The van der Waals surface area contributed by atoms with Gasteiger partial charge in [-0.25, -0.2) is 0 Å². The van der Waals surface area contributed by atoms with Crippen molar-refractivity contribution in [2.24, 2.45) is 0 Å². The van der Waals surface area contributed by atoms with Crippen molar-refractivity contribution in [2.75, 3.05) is 30.8 Å². The number of carbonyl (C=O) groups excluding carboxylic acids is 1. The summed E-state index contributed by atoms with van der Waals surface area (Å²) in [6, 6.07) is 2.20. The Kier molecular flexibility index (Phi) is 4.52. The Morgan fingerprint density at radius 2 is 2.28 bits per heavy atom. The van der Waals surface area contributed by atoms with Gasteiger partial charge in [0, 0.05) is 31.5 Å². The Morgan fingerprint density at radius 3 is 2.83 bits per heavy atom. The lowest BCUT2D eigenvalue weighted by Crippen LogP contribution is -2.39. The molecule has 0 atom stereocenters. The molecule has 0 saturated carbocycles. The van der Waals surface area contributed by atoms with Gasteiger partial charge in [0.1, 0.15) is 5.82 Å². The van der Waals surface area contributed by atoms with E-state index >= 15 is 0 Å². The van der Waals surface area contributed by atoms with Crippen LogP contribution < -0.4 is 5.73 Å². The van der Waals surface area contributed by atoms with Crippen molar-refractivity contribution in [3.05, 3.63) is 12.3 Å². The fourth-order valence-corrected chi connectivity index (χ4v) is 2.66. The van der Waals surface area contributed by atoms with E-state index in [0.717, 1.165) is 31.7 Å². The predicted octanol–water partition coefficient (Wildman–Crippen LogP) is 1.38. The molecule has 100 valence electrons. The third-order valence-electron chi connectivity index (χ3n) is 3.34. The summed E-state index contributed by atoms with van der Waals surface area (Å²) in [6.07, 6.45) is 6.53. The quantitative estimate of drug-likeness (QED) is 0.896. The fourth-order valence-electron chi connectivity index (χ4n) is 2.28. The highest BCUT2D eigenvalue weighted by molar-refractivity contribution is 7.98. The van der Waals surface area contributed by atoms with Crippen LogP contribution in [0.4, 0.5) is 5.82 Å². The Morgan fingerprint density at radius 1 is 1.56 bits per heavy atom. The molecule has 2 rings (SSSR count). The summed E-state index contributed by atoms with van der Waals surface area (Å²) >= 11 is 1.72. The van der Waals surface area contributed by atoms with E-state index in [1.54, 1.807) is 11.8 Å². The molecule has 1 saturated heterocycles. The molecule has 0 unspecified atom stereocenters. The van der Waals surface area contributed by atoms with Gasteiger partial charge in [-0.15, -0.1) is 0 Å². The monoisotopic (exact) mass is 268 g/mol. The maximum atomic E-state index is 11.9. The minimum Gasteiger partial charge on any atom is -0.382 e. The van der Waals surface area contributed by atoms with Crippen LogP contribution in [0.1, 0.15) is 25.3 Å². The van der Waals surface area contributed by atoms with E-state index in [-0.39, 0.29) is 5.91 Å². The van der Waals surface area contributed by atoms with Crippen molar-refractivity contribution in [1.29, 1.82) is 0 Å². The first-order valence-electron chi connectivity index (χ1n) is 6.28. The first kappa shape index (κ1) is 13.3. The van der Waals surface area contributed by atoms with Crippen molar-refractivity contribution in [2.45, 2.75) is 25.3 Å². The molecule has 2 N–H and O–H groups in total. The van der Waals surface area contributed by atoms with Crippen LogP contribution in [0, 0.1) is 0 Å². The van der Waals surface area contributed by atoms with Gasteiger partial charge in [0.05, 0.1) is 6.04 Å². The topological polar surface area (TPSA) is 64.2 Å². The van der Waals surface area contributed by atoms with Crippen LogP contribution in [0.2, 0.25) is 0 Å². The van der Waals surface area contributed by atoms with Crippen LogP contribution in [-0.2, 0) is 4.79 Å². The summed E-state index contributed by atoms with van der Waals surface area (Å²) in [5.41, 5.74) is 5.62. The summed E-state index contributed by atoms with van der Waals surface area (Å²) in [4.78, 5) is 13.8. The number of carbonyl (C=O) groups is 1. The molecule has 1 aliphatic heterocycles. The number of aromatic nitrogens is 2. The second-order valence-corrected chi connectivity index (χ2v) is 5.56. The Hall–Kier alpha value is -1.17. The largest absolute Gasteiger partial charge is 0.382 e. The lowest BCUT2D eigenvalue weighted by Gasteiger charge is -2.32. The highest BCUT2D eigenvalue weighted by Gasteiger charge is 2.23. The number of nitrogens with two attached hydrogens (primary N) is 1. The number of anilines is 1. The normalized spacial score (nSPS) is 17.1. The fraction of sp³-hybridized carbons (Fsp3) is 0.667. The number of nitrogens with zero attached hydrogens (tertiary/aromatic N) is 3. The maximum Gasteiger partial charge on any atom is 0.223 e. The van der Waals surface area contributed by atoms with Crippen LogP contribution in [0.25, 0.3) is 0 Å². The minimum atomic E-state index is 0.280. The third kappa shape index (κ3) is 3.19. The molecule has 1 aromatic rings. The number of hydrogen-bond donors (Lipinski definition) is 1. The summed E-state index contributed by atoms with van der Waals surface area (Å²) < 4.78 is 1.93. The Labute approximate surface area is 112 Å². The molecular formula is C12H20N4OS. The average Bonchev–Trinajstić information content (AvgIpc) is 2.83. The molecule has 2 heterocycles. The number of nitrogen functional groups attached to an aromatic ring is 1. The van der Waals surface area contributed by atoms with Crippen LogP contribution >= 0.6 is 11.8 Å². The van der Waals surface area contributed by atoms with Gasteiger partial charge in [-0.3, -0.25) is 9.48 Å². The zero-order valence-corrected chi connectivity index (χ0v) is 11.5. The highest BCUT2D eigenvalue weighted by atomic mass is 32.2. The van der Waals surface area contributed by atoms with E-state index < -0.39 is 0 Å². The zero-order valence-electron chi connectivity index (χ0n) is 10.7. The molecule has 0 radical (unpaired) electrons. The zero-order chi connectivity index (χ0) is 13.0.